The first-order valence-corrected chi connectivity index (χ1v) is 9.58. The number of imidazole rings is 1. The molecule has 0 radical (unpaired) electrons. The number of para-hydroxylation sites is 2. The number of amides is 1. The Morgan fingerprint density at radius 3 is 2.74 bits per heavy atom. The van der Waals surface area contributed by atoms with Crippen molar-refractivity contribution in [2.24, 2.45) is 0 Å². The number of thioether (sulfide) groups is 1. The van der Waals surface area contributed by atoms with E-state index < -0.39 is 0 Å². The third-order valence-corrected chi connectivity index (χ3v) is 5.10. The van der Waals surface area contributed by atoms with Crippen LogP contribution in [0.15, 0.2) is 70.3 Å². The first-order valence-electron chi connectivity index (χ1n) is 8.59. The molecule has 0 fully saturated rings. The summed E-state index contributed by atoms with van der Waals surface area (Å²) in [6.07, 6.45) is 0. The van der Waals surface area contributed by atoms with Crippen LogP contribution in [0.1, 0.15) is 11.3 Å². The van der Waals surface area contributed by atoms with Crippen molar-refractivity contribution in [3.8, 4) is 0 Å². The van der Waals surface area contributed by atoms with Gasteiger partial charge >= 0.3 is 5.16 Å². The van der Waals surface area contributed by atoms with Gasteiger partial charge in [-0.3, -0.25) is 4.79 Å². The van der Waals surface area contributed by atoms with Crippen molar-refractivity contribution in [1.29, 1.82) is 0 Å². The van der Waals surface area contributed by atoms with Crippen LogP contribution in [0.25, 0.3) is 11.0 Å². The molecule has 0 saturated carbocycles. The molecule has 136 valence electrons. The average molecular weight is 379 g/mol. The van der Waals surface area contributed by atoms with Gasteiger partial charge < -0.3 is 9.84 Å². The van der Waals surface area contributed by atoms with Gasteiger partial charge in [-0.15, -0.1) is 0 Å². The van der Waals surface area contributed by atoms with Crippen LogP contribution < -0.4 is 9.88 Å². The van der Waals surface area contributed by atoms with Gasteiger partial charge in [-0.05, 0) is 36.4 Å². The predicted octanol–water partition coefficient (Wildman–Crippen LogP) is 3.53. The second-order valence-corrected chi connectivity index (χ2v) is 7.14. The Kier molecular flexibility index (Phi) is 4.93. The Hall–Kier alpha value is -3.06. The Bertz CT molecular complexity index is 1070. The molecule has 0 unspecified atom stereocenters. The molecule has 0 atom stereocenters. The summed E-state index contributed by atoms with van der Waals surface area (Å²) in [6.45, 7) is 2.52. The highest BCUT2D eigenvalue weighted by atomic mass is 32.2. The monoisotopic (exact) mass is 379 g/mol. The molecule has 2 N–H and O–H groups in total. The number of aromatic amines is 1. The van der Waals surface area contributed by atoms with Gasteiger partial charge in [0.1, 0.15) is 12.3 Å². The maximum absolute atomic E-state index is 12.2. The van der Waals surface area contributed by atoms with Crippen molar-refractivity contribution in [3.05, 3.63) is 72.0 Å². The van der Waals surface area contributed by atoms with Crippen molar-refractivity contribution in [2.75, 3.05) is 11.1 Å². The van der Waals surface area contributed by atoms with E-state index in [4.69, 9.17) is 4.52 Å². The molecule has 0 saturated heterocycles. The van der Waals surface area contributed by atoms with Gasteiger partial charge in [0.25, 0.3) is 0 Å². The fourth-order valence-corrected chi connectivity index (χ4v) is 3.72. The van der Waals surface area contributed by atoms with E-state index in [1.165, 1.54) is 17.3 Å². The Balaban J connectivity index is 1.53. The van der Waals surface area contributed by atoms with Crippen LogP contribution in [0.2, 0.25) is 0 Å². The van der Waals surface area contributed by atoms with Gasteiger partial charge in [-0.2, -0.15) is 0 Å². The fourth-order valence-electron chi connectivity index (χ4n) is 2.88. The fraction of sp³-hybridized carbons (Fsp3) is 0.150. The largest absolute Gasteiger partial charge is 0.360 e. The summed E-state index contributed by atoms with van der Waals surface area (Å²) in [5.74, 6) is 1.24. The number of H-pyrrole nitrogens is 1. The second kappa shape index (κ2) is 7.67. The van der Waals surface area contributed by atoms with Crippen LogP contribution in [0.3, 0.4) is 0 Å². The molecule has 0 bridgehead atoms. The van der Waals surface area contributed by atoms with Gasteiger partial charge in [0.05, 0.1) is 5.75 Å². The van der Waals surface area contributed by atoms with Gasteiger partial charge in [0, 0.05) is 6.07 Å². The molecule has 2 aromatic heterocycles. The third-order valence-electron chi connectivity index (χ3n) is 4.10. The van der Waals surface area contributed by atoms with E-state index >= 15 is 0 Å². The molecule has 7 heteroatoms. The average Bonchev–Trinajstić information content (AvgIpc) is 3.24. The molecule has 4 aromatic rings. The molecular weight excluding hydrogens is 360 g/mol. The molecular formula is C20H19N4O2S+. The van der Waals surface area contributed by atoms with E-state index in [-0.39, 0.29) is 11.7 Å². The van der Waals surface area contributed by atoms with Crippen LogP contribution in [-0.4, -0.2) is 21.8 Å². The lowest BCUT2D eigenvalue weighted by molar-refractivity contribution is -0.700. The summed E-state index contributed by atoms with van der Waals surface area (Å²) >= 11 is 1.46. The van der Waals surface area contributed by atoms with Crippen molar-refractivity contribution < 1.29 is 13.9 Å². The predicted molar refractivity (Wildman–Crippen MR) is 105 cm³/mol. The lowest BCUT2D eigenvalue weighted by atomic mass is 10.2. The summed E-state index contributed by atoms with van der Waals surface area (Å²) < 4.78 is 7.17. The number of rotatable bonds is 6. The van der Waals surface area contributed by atoms with Gasteiger partial charge in [0.2, 0.25) is 5.91 Å². The van der Waals surface area contributed by atoms with Crippen molar-refractivity contribution >= 4 is 34.5 Å². The van der Waals surface area contributed by atoms with Gasteiger partial charge in [-0.25, -0.2) is 9.55 Å². The first kappa shape index (κ1) is 17.4. The number of fused-ring (bicyclic) bond motifs is 1. The van der Waals surface area contributed by atoms with E-state index in [1.807, 2.05) is 36.4 Å². The van der Waals surface area contributed by atoms with Crippen LogP contribution in [0, 0.1) is 6.92 Å². The lowest BCUT2D eigenvalue weighted by Crippen LogP contribution is -2.35. The normalized spacial score (nSPS) is 11.0. The molecule has 1 amide bonds. The molecule has 6 nitrogen and oxygen atoms in total. The number of carbonyl (C=O) groups is 1. The first-order chi connectivity index (χ1) is 13.2. The van der Waals surface area contributed by atoms with Crippen molar-refractivity contribution in [2.45, 2.75) is 18.6 Å². The molecule has 4 rings (SSSR count). The number of benzene rings is 2. The second-order valence-electron chi connectivity index (χ2n) is 6.18. The van der Waals surface area contributed by atoms with Crippen LogP contribution >= 0.6 is 11.8 Å². The van der Waals surface area contributed by atoms with Crippen LogP contribution in [0.5, 0.6) is 0 Å². The minimum atomic E-state index is -0.127. The smallest absolute Gasteiger partial charge is 0.317 e. The van der Waals surface area contributed by atoms with E-state index in [2.05, 4.69) is 38.2 Å². The van der Waals surface area contributed by atoms with Gasteiger partial charge in [-0.1, -0.05) is 47.6 Å². The number of anilines is 1. The number of aryl methyl sites for hydroxylation is 1. The Morgan fingerprint density at radius 2 is 1.96 bits per heavy atom. The van der Waals surface area contributed by atoms with Gasteiger partial charge in [0.15, 0.2) is 16.9 Å². The summed E-state index contributed by atoms with van der Waals surface area (Å²) in [4.78, 5) is 15.7. The maximum Gasteiger partial charge on any atom is 0.317 e. The molecule has 2 heterocycles. The lowest BCUT2D eigenvalue weighted by Gasteiger charge is -2.03. The van der Waals surface area contributed by atoms with E-state index in [9.17, 15) is 4.79 Å². The highest BCUT2D eigenvalue weighted by Gasteiger charge is 2.20. The molecule has 2 aromatic carbocycles. The number of hydrogen-bond acceptors (Lipinski definition) is 4. The minimum Gasteiger partial charge on any atom is -0.360 e. The highest BCUT2D eigenvalue weighted by molar-refractivity contribution is 7.99. The number of hydrogen-bond donors (Lipinski definition) is 2. The van der Waals surface area contributed by atoms with E-state index in [1.54, 1.807) is 13.0 Å². The standard InChI is InChI=1S/C20H18N4O2S/c1-14-11-18(23-26-14)22-19(25)13-27-20-21-16-9-5-6-10-17(16)24(20)12-15-7-3-2-4-8-15/h2-11H,12-13H2,1H3,(H,22,23,25)/p+1. The van der Waals surface area contributed by atoms with Crippen LogP contribution in [0.4, 0.5) is 5.82 Å². The SMILES string of the molecule is Cc1cc(NC(=O)CSc2[nH]c3ccccc3[n+]2Cc2ccccc2)no1. The summed E-state index contributed by atoms with van der Waals surface area (Å²) in [7, 11) is 0. The minimum absolute atomic E-state index is 0.127. The Labute approximate surface area is 160 Å². The molecule has 0 aliphatic rings. The Morgan fingerprint density at radius 1 is 1.19 bits per heavy atom. The van der Waals surface area contributed by atoms with Crippen LogP contribution in [-0.2, 0) is 11.3 Å². The molecule has 0 aliphatic heterocycles. The van der Waals surface area contributed by atoms with Crippen molar-refractivity contribution in [3.63, 3.8) is 0 Å². The third kappa shape index (κ3) is 4.03. The summed E-state index contributed by atoms with van der Waals surface area (Å²) in [6, 6.07) is 20.1. The maximum atomic E-state index is 12.2. The summed E-state index contributed by atoms with van der Waals surface area (Å²) in [5.41, 5.74) is 3.36. The number of carbonyl (C=O) groups excluding carboxylic acids is 1. The van der Waals surface area contributed by atoms with E-state index in [0.717, 1.165) is 22.7 Å². The summed E-state index contributed by atoms with van der Waals surface area (Å²) in [5, 5.41) is 7.47. The zero-order valence-corrected chi connectivity index (χ0v) is 15.6. The number of nitrogens with one attached hydrogen (secondary N) is 2. The number of aromatic nitrogens is 3. The number of nitrogens with zero attached hydrogens (tertiary/aromatic N) is 2. The molecule has 0 spiro atoms. The van der Waals surface area contributed by atoms with E-state index in [0.29, 0.717) is 11.6 Å². The molecule has 0 aliphatic carbocycles. The van der Waals surface area contributed by atoms with Crippen molar-refractivity contribution in [1.82, 2.24) is 10.1 Å². The topological polar surface area (TPSA) is 74.8 Å². The highest BCUT2D eigenvalue weighted by Crippen LogP contribution is 2.19. The zero-order chi connectivity index (χ0) is 18.6. The molecule has 27 heavy (non-hydrogen) atoms. The zero-order valence-electron chi connectivity index (χ0n) is 14.8. The quantitative estimate of drug-likeness (QED) is 0.397.